The van der Waals surface area contributed by atoms with E-state index in [1.807, 2.05) is 54.6 Å². The molecular formula is C26H24N4O4. The molecule has 0 aliphatic carbocycles. The predicted molar refractivity (Wildman–Crippen MR) is 127 cm³/mol. The molecule has 1 aliphatic rings. The molecule has 3 N–H and O–H groups in total. The molecule has 172 valence electrons. The van der Waals surface area contributed by atoms with Crippen molar-refractivity contribution in [2.45, 2.75) is 25.7 Å². The van der Waals surface area contributed by atoms with Gasteiger partial charge in [-0.3, -0.25) is 0 Å². The number of nitrogens with one attached hydrogen (secondary N) is 1. The summed E-state index contributed by atoms with van der Waals surface area (Å²) in [6.45, 7) is 1.12. The highest BCUT2D eigenvalue weighted by Crippen LogP contribution is 2.32. The molecule has 4 aromatic rings. The second kappa shape index (κ2) is 9.46. The van der Waals surface area contributed by atoms with Gasteiger partial charge >= 0.3 is 5.97 Å². The number of hydrogen-bond donors (Lipinski definition) is 3. The number of imidazole rings is 1. The van der Waals surface area contributed by atoms with E-state index in [0.29, 0.717) is 23.7 Å². The van der Waals surface area contributed by atoms with Gasteiger partial charge in [0.1, 0.15) is 12.4 Å². The van der Waals surface area contributed by atoms with Crippen LogP contribution in [0.5, 0.6) is 5.75 Å². The summed E-state index contributed by atoms with van der Waals surface area (Å²) in [5.41, 5.74) is 5.25. The Balaban J connectivity index is 1.41. The lowest BCUT2D eigenvalue weighted by atomic mass is 9.91. The number of aromatic nitrogens is 3. The number of aromatic carboxylic acids is 1. The summed E-state index contributed by atoms with van der Waals surface area (Å²) in [5.74, 6) is -0.392. The molecule has 0 bridgehead atoms. The Morgan fingerprint density at radius 3 is 2.85 bits per heavy atom. The van der Waals surface area contributed by atoms with E-state index in [1.165, 1.54) is 10.6 Å². The third-order valence-corrected chi connectivity index (χ3v) is 5.89. The average molecular weight is 457 g/mol. The van der Waals surface area contributed by atoms with Crippen molar-refractivity contribution >= 4 is 17.7 Å². The molecule has 0 amide bonds. The van der Waals surface area contributed by atoms with Crippen LogP contribution >= 0.6 is 0 Å². The summed E-state index contributed by atoms with van der Waals surface area (Å²) in [6.07, 6.45) is 6.39. The lowest BCUT2D eigenvalue weighted by molar-refractivity contribution is 0.0689. The number of rotatable bonds is 7. The van der Waals surface area contributed by atoms with Crippen LogP contribution < -0.4 is 10.1 Å². The fourth-order valence-electron chi connectivity index (χ4n) is 4.14. The summed E-state index contributed by atoms with van der Waals surface area (Å²) < 4.78 is 7.56. The van der Waals surface area contributed by atoms with E-state index in [-0.39, 0.29) is 18.3 Å². The molecule has 0 spiro atoms. The Bertz CT molecular complexity index is 1360. The molecule has 0 radical (unpaired) electrons. The van der Waals surface area contributed by atoms with Crippen molar-refractivity contribution < 1.29 is 19.7 Å². The highest BCUT2D eigenvalue weighted by molar-refractivity contribution is 5.85. The van der Waals surface area contributed by atoms with Gasteiger partial charge in [0.05, 0.1) is 24.5 Å². The lowest BCUT2D eigenvalue weighted by Gasteiger charge is -2.26. The number of carbonyl (C=O) groups is 1. The van der Waals surface area contributed by atoms with Crippen molar-refractivity contribution in [3.05, 3.63) is 101 Å². The summed E-state index contributed by atoms with van der Waals surface area (Å²) in [7, 11) is 0. The molecule has 1 unspecified atom stereocenters. The first-order valence-corrected chi connectivity index (χ1v) is 11.1. The van der Waals surface area contributed by atoms with Gasteiger partial charge < -0.3 is 20.3 Å². The van der Waals surface area contributed by atoms with Gasteiger partial charge in [-0.1, -0.05) is 36.4 Å². The van der Waals surface area contributed by atoms with E-state index < -0.39 is 5.97 Å². The van der Waals surface area contributed by atoms with Crippen LogP contribution in [0.1, 0.15) is 44.5 Å². The minimum atomic E-state index is -1.09. The van der Waals surface area contributed by atoms with Gasteiger partial charge in [0.15, 0.2) is 11.3 Å². The maximum absolute atomic E-state index is 11.3. The lowest BCUT2D eigenvalue weighted by Crippen LogP contribution is -2.28. The third kappa shape index (κ3) is 4.41. The maximum Gasteiger partial charge on any atom is 0.356 e. The minimum Gasteiger partial charge on any atom is -0.489 e. The fraction of sp³-hybridized carbons (Fsp3) is 0.192. The molecule has 5 rings (SSSR count). The van der Waals surface area contributed by atoms with Crippen LogP contribution in [0.25, 0.3) is 11.7 Å². The van der Waals surface area contributed by atoms with Crippen LogP contribution in [-0.2, 0) is 19.6 Å². The number of ether oxygens (including phenoxy) is 1. The zero-order valence-electron chi connectivity index (χ0n) is 18.4. The Morgan fingerprint density at radius 2 is 2.06 bits per heavy atom. The van der Waals surface area contributed by atoms with Crippen molar-refractivity contribution in [2.75, 3.05) is 6.54 Å². The smallest absolute Gasteiger partial charge is 0.356 e. The molecule has 1 atom stereocenters. The highest BCUT2D eigenvalue weighted by Gasteiger charge is 2.21. The molecule has 0 saturated carbocycles. The Labute approximate surface area is 196 Å². The van der Waals surface area contributed by atoms with Crippen LogP contribution in [0, 0.1) is 0 Å². The first kappa shape index (κ1) is 21.8. The number of benzene rings is 2. The van der Waals surface area contributed by atoms with Gasteiger partial charge in [-0.15, -0.1) is 0 Å². The average Bonchev–Trinajstić information content (AvgIpc) is 3.28. The van der Waals surface area contributed by atoms with Gasteiger partial charge in [-0.25, -0.2) is 14.3 Å². The zero-order valence-corrected chi connectivity index (χ0v) is 18.4. The molecule has 0 fully saturated rings. The molecule has 2 aromatic carbocycles. The first-order valence-electron chi connectivity index (χ1n) is 11.1. The highest BCUT2D eigenvalue weighted by atomic mass is 16.5. The molecule has 0 saturated heterocycles. The molecule has 8 heteroatoms. The van der Waals surface area contributed by atoms with Crippen molar-refractivity contribution in [3.63, 3.8) is 0 Å². The van der Waals surface area contributed by atoms with Crippen molar-refractivity contribution in [3.8, 4) is 5.75 Å². The molecule has 2 aromatic heterocycles. The van der Waals surface area contributed by atoms with Gasteiger partial charge in [0.2, 0.25) is 0 Å². The number of hydrogen-bond acceptors (Lipinski definition) is 6. The molecule has 8 nitrogen and oxygen atoms in total. The van der Waals surface area contributed by atoms with E-state index in [4.69, 9.17) is 4.74 Å². The topological polar surface area (TPSA) is 109 Å². The summed E-state index contributed by atoms with van der Waals surface area (Å²) >= 11 is 0. The Kier molecular flexibility index (Phi) is 6.07. The fourth-order valence-corrected chi connectivity index (χ4v) is 4.14. The van der Waals surface area contributed by atoms with E-state index in [0.717, 1.165) is 35.2 Å². The number of fused-ring (bicyclic) bond motifs is 2. The molecule has 3 heterocycles. The van der Waals surface area contributed by atoms with Gasteiger partial charge in [0.25, 0.3) is 0 Å². The quantitative estimate of drug-likeness (QED) is 0.391. The normalized spacial score (nSPS) is 15.5. The van der Waals surface area contributed by atoms with E-state index in [1.54, 1.807) is 12.3 Å². The third-order valence-electron chi connectivity index (χ3n) is 5.89. The molecule has 34 heavy (non-hydrogen) atoms. The first-order chi connectivity index (χ1) is 16.6. The molecule has 1 aliphatic heterocycles. The Hall–Kier alpha value is -4.01. The second-order valence-corrected chi connectivity index (χ2v) is 8.11. The van der Waals surface area contributed by atoms with Crippen LogP contribution in [0.2, 0.25) is 0 Å². The second-order valence-electron chi connectivity index (χ2n) is 8.11. The van der Waals surface area contributed by atoms with Crippen LogP contribution in [0.3, 0.4) is 0 Å². The standard InChI is InChI=1S/C26H24N4O4/c31-15-19-12-21-18(13-24(19)34-16-17-4-2-1-3-5-17)10-11-27-22(21)7-6-20-14-28-25-9-8-23(26(32)33)29-30(20)25/h1-9,12-14,22,27,31H,10-11,15-16H2,(H,32,33)/b7-6+. The number of nitrogens with zero attached hydrogens (tertiary/aromatic N) is 3. The minimum absolute atomic E-state index is 0.0445. The summed E-state index contributed by atoms with van der Waals surface area (Å²) in [5, 5.41) is 26.9. The summed E-state index contributed by atoms with van der Waals surface area (Å²) in [4.78, 5) is 15.6. The van der Waals surface area contributed by atoms with E-state index in [2.05, 4.69) is 15.4 Å². The largest absolute Gasteiger partial charge is 0.489 e. The van der Waals surface area contributed by atoms with Gasteiger partial charge in [-0.05, 0) is 53.5 Å². The monoisotopic (exact) mass is 456 g/mol. The van der Waals surface area contributed by atoms with Crippen molar-refractivity contribution in [1.82, 2.24) is 19.9 Å². The SMILES string of the molecule is O=C(O)c1ccc2ncc(/C=C/C3NCCc4cc(OCc5ccccc5)c(CO)cc43)n2n1. The predicted octanol–water partition coefficient (Wildman–Crippen LogP) is 3.40. The van der Waals surface area contributed by atoms with Crippen LogP contribution in [0.15, 0.2) is 66.9 Å². The van der Waals surface area contributed by atoms with Crippen LogP contribution in [-0.4, -0.2) is 37.3 Å². The Morgan fingerprint density at radius 1 is 1.21 bits per heavy atom. The summed E-state index contributed by atoms with van der Waals surface area (Å²) in [6, 6.07) is 16.9. The van der Waals surface area contributed by atoms with Crippen LogP contribution in [0.4, 0.5) is 0 Å². The zero-order chi connectivity index (χ0) is 23.5. The van der Waals surface area contributed by atoms with Crippen molar-refractivity contribution in [1.29, 1.82) is 0 Å². The number of aliphatic hydroxyl groups is 1. The number of aliphatic hydroxyl groups excluding tert-OH is 1. The van der Waals surface area contributed by atoms with Gasteiger partial charge in [0, 0.05) is 12.1 Å². The van der Waals surface area contributed by atoms with Crippen molar-refractivity contribution in [2.24, 2.45) is 0 Å². The molecular weight excluding hydrogens is 432 g/mol. The number of carboxylic acid groups (broad SMARTS) is 1. The number of carboxylic acids is 1. The van der Waals surface area contributed by atoms with E-state index in [9.17, 15) is 15.0 Å². The van der Waals surface area contributed by atoms with E-state index >= 15 is 0 Å². The maximum atomic E-state index is 11.3. The van der Waals surface area contributed by atoms with Gasteiger partial charge in [-0.2, -0.15) is 5.10 Å².